The van der Waals surface area contributed by atoms with E-state index in [1.165, 1.54) is 0 Å². The lowest BCUT2D eigenvalue weighted by Gasteiger charge is -2.29. The van der Waals surface area contributed by atoms with Crippen LogP contribution in [0.4, 0.5) is 0 Å². The molecule has 0 aliphatic rings. The van der Waals surface area contributed by atoms with Gasteiger partial charge in [-0.2, -0.15) is 0 Å². The predicted molar refractivity (Wildman–Crippen MR) is 66.7 cm³/mol. The number of hydrogen-bond donors (Lipinski definition) is 4. The Morgan fingerprint density at radius 1 is 1.06 bits per heavy atom. The van der Waals surface area contributed by atoms with Crippen LogP contribution in [0.2, 0.25) is 0 Å². The fourth-order valence-electron chi connectivity index (χ4n) is 1.59. The van der Waals surface area contributed by atoms with Crippen molar-refractivity contribution in [2.24, 2.45) is 0 Å². The number of nitrogens with one attached hydrogen (secondary N) is 1. The summed E-state index contributed by atoms with van der Waals surface area (Å²) in [5.41, 5.74) is 2.39. The largest absolute Gasteiger partial charge is 0.394 e. The second-order valence-electron chi connectivity index (χ2n) is 4.54. The summed E-state index contributed by atoms with van der Waals surface area (Å²) in [4.78, 5) is 0. The lowest BCUT2D eigenvalue weighted by atomic mass is 10.0. The molecule has 0 fully saturated rings. The number of aliphatic hydroxyl groups excluding tert-OH is 3. The number of benzene rings is 1. The third-order valence-electron chi connectivity index (χ3n) is 3.07. The Kier molecular flexibility index (Phi) is 5.08. The molecule has 4 N–H and O–H groups in total. The van der Waals surface area contributed by atoms with Crippen LogP contribution in [-0.2, 0) is 6.54 Å². The normalized spacial score (nSPS) is 11.8. The van der Waals surface area contributed by atoms with E-state index in [0.29, 0.717) is 6.54 Å². The highest BCUT2D eigenvalue weighted by molar-refractivity contribution is 5.30. The summed E-state index contributed by atoms with van der Waals surface area (Å²) in [6.45, 7) is 3.63. The molecule has 1 rings (SSSR count). The Bertz CT molecular complexity index is 353. The molecule has 0 spiro atoms. The first-order chi connectivity index (χ1) is 8.06. The zero-order chi connectivity index (χ0) is 12.9. The van der Waals surface area contributed by atoms with E-state index in [1.54, 1.807) is 0 Å². The molecular weight excluding hydrogens is 218 g/mol. The Morgan fingerprint density at radius 2 is 1.65 bits per heavy atom. The van der Waals surface area contributed by atoms with Gasteiger partial charge in [0.05, 0.1) is 25.4 Å². The fraction of sp³-hybridized carbons (Fsp3) is 0.538. The van der Waals surface area contributed by atoms with Crippen LogP contribution in [0.3, 0.4) is 0 Å². The minimum Gasteiger partial charge on any atom is -0.394 e. The first-order valence-corrected chi connectivity index (χ1v) is 5.70. The smallest absolute Gasteiger partial charge is 0.0884 e. The van der Waals surface area contributed by atoms with Gasteiger partial charge in [0.1, 0.15) is 0 Å². The van der Waals surface area contributed by atoms with Crippen LogP contribution in [0.15, 0.2) is 18.2 Å². The van der Waals surface area contributed by atoms with Gasteiger partial charge in [0.25, 0.3) is 0 Å². The lowest BCUT2D eigenvalue weighted by molar-refractivity contribution is 0.0413. The summed E-state index contributed by atoms with van der Waals surface area (Å²) in [6, 6.07) is 6.13. The maximum absolute atomic E-state index is 9.20. The van der Waals surface area contributed by atoms with E-state index < -0.39 is 5.54 Å². The predicted octanol–water partition coefficient (Wildman–Crippen LogP) is 0.109. The molecule has 0 bridgehead atoms. The Hall–Kier alpha value is -0.940. The van der Waals surface area contributed by atoms with Crippen molar-refractivity contribution in [1.82, 2.24) is 5.32 Å². The van der Waals surface area contributed by atoms with E-state index in [9.17, 15) is 15.3 Å². The maximum atomic E-state index is 9.20. The quantitative estimate of drug-likeness (QED) is 0.568. The molecule has 0 saturated heterocycles. The van der Waals surface area contributed by atoms with E-state index in [2.05, 4.69) is 11.4 Å². The highest BCUT2D eigenvalue weighted by Crippen LogP contribution is 2.12. The molecule has 0 unspecified atom stereocenters. The van der Waals surface area contributed by atoms with Crippen LogP contribution in [-0.4, -0.2) is 40.7 Å². The van der Waals surface area contributed by atoms with Crippen molar-refractivity contribution >= 4 is 0 Å². The first-order valence-electron chi connectivity index (χ1n) is 5.70. The Morgan fingerprint density at radius 3 is 2.18 bits per heavy atom. The number of rotatable bonds is 6. The van der Waals surface area contributed by atoms with Crippen LogP contribution in [0, 0.1) is 13.8 Å². The van der Waals surface area contributed by atoms with Crippen molar-refractivity contribution in [1.29, 1.82) is 0 Å². The molecule has 17 heavy (non-hydrogen) atoms. The van der Waals surface area contributed by atoms with E-state index in [-0.39, 0.29) is 19.8 Å². The molecule has 96 valence electrons. The van der Waals surface area contributed by atoms with Crippen molar-refractivity contribution in [2.45, 2.75) is 25.9 Å². The average Bonchev–Trinajstić information content (AvgIpc) is 2.35. The summed E-state index contributed by atoms with van der Waals surface area (Å²) in [5.74, 6) is 0. The second-order valence-corrected chi connectivity index (χ2v) is 4.54. The van der Waals surface area contributed by atoms with Crippen molar-refractivity contribution in [2.75, 3.05) is 19.8 Å². The summed E-state index contributed by atoms with van der Waals surface area (Å²) in [7, 11) is 0. The standard InChI is InChI=1S/C13H21NO3/c1-10-3-4-11(2)12(5-10)6-14-13(7-15,8-16)9-17/h3-5,14-17H,6-9H2,1-2H3. The van der Waals surface area contributed by atoms with Gasteiger partial charge in [-0.05, 0) is 25.0 Å². The molecule has 0 saturated carbocycles. The molecule has 0 radical (unpaired) electrons. The second kappa shape index (κ2) is 6.12. The number of aryl methyl sites for hydroxylation is 2. The van der Waals surface area contributed by atoms with Gasteiger partial charge in [-0.25, -0.2) is 0 Å². The zero-order valence-corrected chi connectivity index (χ0v) is 10.4. The van der Waals surface area contributed by atoms with Crippen molar-refractivity contribution in [3.8, 4) is 0 Å². The monoisotopic (exact) mass is 239 g/mol. The summed E-state index contributed by atoms with van der Waals surface area (Å²) < 4.78 is 0. The number of hydrogen-bond acceptors (Lipinski definition) is 4. The van der Waals surface area contributed by atoms with Crippen molar-refractivity contribution in [3.05, 3.63) is 34.9 Å². The van der Waals surface area contributed by atoms with Gasteiger partial charge >= 0.3 is 0 Å². The summed E-state index contributed by atoms with van der Waals surface area (Å²) in [6.07, 6.45) is 0. The molecule has 0 atom stereocenters. The van der Waals surface area contributed by atoms with E-state index in [4.69, 9.17) is 0 Å². The Balaban J connectivity index is 2.75. The summed E-state index contributed by atoms with van der Waals surface area (Å²) >= 11 is 0. The highest BCUT2D eigenvalue weighted by atomic mass is 16.3. The Labute approximate surface area is 102 Å². The maximum Gasteiger partial charge on any atom is 0.0884 e. The van der Waals surface area contributed by atoms with E-state index in [1.807, 2.05) is 26.0 Å². The molecular formula is C13H21NO3. The molecule has 0 aliphatic carbocycles. The third-order valence-corrected chi connectivity index (χ3v) is 3.07. The van der Waals surface area contributed by atoms with Crippen LogP contribution in [0.25, 0.3) is 0 Å². The van der Waals surface area contributed by atoms with Crippen LogP contribution < -0.4 is 5.32 Å². The van der Waals surface area contributed by atoms with Crippen molar-refractivity contribution in [3.63, 3.8) is 0 Å². The van der Waals surface area contributed by atoms with Gasteiger partial charge in [0, 0.05) is 6.54 Å². The average molecular weight is 239 g/mol. The van der Waals surface area contributed by atoms with Crippen LogP contribution in [0.1, 0.15) is 16.7 Å². The van der Waals surface area contributed by atoms with Gasteiger partial charge in [0.15, 0.2) is 0 Å². The SMILES string of the molecule is Cc1ccc(C)c(CNC(CO)(CO)CO)c1. The lowest BCUT2D eigenvalue weighted by Crippen LogP contribution is -2.54. The van der Waals surface area contributed by atoms with Gasteiger partial charge in [0.2, 0.25) is 0 Å². The molecule has 4 nitrogen and oxygen atoms in total. The minimum atomic E-state index is -1.02. The van der Waals surface area contributed by atoms with Crippen LogP contribution in [0.5, 0.6) is 0 Å². The molecule has 1 aromatic carbocycles. The fourth-order valence-corrected chi connectivity index (χ4v) is 1.59. The van der Waals surface area contributed by atoms with Crippen LogP contribution >= 0.6 is 0 Å². The molecule has 4 heteroatoms. The van der Waals surface area contributed by atoms with E-state index in [0.717, 1.165) is 16.7 Å². The number of aliphatic hydroxyl groups is 3. The van der Waals surface area contributed by atoms with Crippen molar-refractivity contribution < 1.29 is 15.3 Å². The third kappa shape index (κ3) is 3.51. The first kappa shape index (κ1) is 14.1. The molecule has 0 aromatic heterocycles. The van der Waals surface area contributed by atoms with Gasteiger partial charge in [-0.1, -0.05) is 23.8 Å². The topological polar surface area (TPSA) is 72.7 Å². The zero-order valence-electron chi connectivity index (χ0n) is 10.4. The van der Waals surface area contributed by atoms with Gasteiger partial charge < -0.3 is 20.6 Å². The summed E-state index contributed by atoms with van der Waals surface area (Å²) in [5, 5.41) is 30.6. The molecule has 0 amide bonds. The van der Waals surface area contributed by atoms with Gasteiger partial charge in [-0.15, -0.1) is 0 Å². The molecule has 0 heterocycles. The van der Waals surface area contributed by atoms with E-state index >= 15 is 0 Å². The van der Waals surface area contributed by atoms with Gasteiger partial charge in [-0.3, -0.25) is 0 Å². The molecule has 0 aliphatic heterocycles. The minimum absolute atomic E-state index is 0.301. The molecule has 1 aromatic rings. The highest BCUT2D eigenvalue weighted by Gasteiger charge is 2.27.